The molecule has 18 heavy (non-hydrogen) atoms. The van der Waals surface area contributed by atoms with Gasteiger partial charge >= 0.3 is 0 Å². The maximum absolute atomic E-state index is 5.77. The summed E-state index contributed by atoms with van der Waals surface area (Å²) >= 11 is 0. The summed E-state index contributed by atoms with van der Waals surface area (Å²) in [6.07, 6.45) is 6.83. The number of rotatable bonds is 5. The second-order valence-electron chi connectivity index (χ2n) is 5.19. The molecule has 1 aliphatic rings. The van der Waals surface area contributed by atoms with Gasteiger partial charge in [-0.2, -0.15) is 0 Å². The van der Waals surface area contributed by atoms with E-state index in [9.17, 15) is 0 Å². The van der Waals surface area contributed by atoms with Crippen LogP contribution in [0.4, 0.5) is 0 Å². The molecule has 0 saturated carbocycles. The van der Waals surface area contributed by atoms with Crippen molar-refractivity contribution in [3.05, 3.63) is 35.3 Å². The van der Waals surface area contributed by atoms with Gasteiger partial charge in [0.2, 0.25) is 0 Å². The lowest BCUT2D eigenvalue weighted by Gasteiger charge is -2.24. The minimum absolute atomic E-state index is 0.528. The Hall–Kier alpha value is -1.06. The second-order valence-corrected chi connectivity index (χ2v) is 5.19. The standard InChI is InChI=1S/C15H23NO2/c1-11-5-3-4-6-13(11)9-17-10-15-7-14(8-16)12(2)18-15/h3-4,7,11,13H,5-6,8-10,16H2,1-2H3. The fraction of sp³-hybridized carbons (Fsp3) is 0.600. The molecular weight excluding hydrogens is 226 g/mol. The topological polar surface area (TPSA) is 48.4 Å². The first-order valence-electron chi connectivity index (χ1n) is 6.71. The summed E-state index contributed by atoms with van der Waals surface area (Å²) in [7, 11) is 0. The van der Waals surface area contributed by atoms with Crippen LogP contribution in [-0.4, -0.2) is 6.61 Å². The van der Waals surface area contributed by atoms with Crippen molar-refractivity contribution in [3.8, 4) is 0 Å². The molecule has 1 aromatic heterocycles. The number of allylic oxidation sites excluding steroid dienone is 2. The largest absolute Gasteiger partial charge is 0.464 e. The smallest absolute Gasteiger partial charge is 0.130 e. The SMILES string of the molecule is Cc1oc(COCC2CC=CCC2C)cc1CN. The highest BCUT2D eigenvalue weighted by atomic mass is 16.5. The van der Waals surface area contributed by atoms with Gasteiger partial charge < -0.3 is 14.9 Å². The molecule has 100 valence electrons. The van der Waals surface area contributed by atoms with E-state index in [4.69, 9.17) is 14.9 Å². The quantitative estimate of drug-likeness (QED) is 0.815. The average molecular weight is 249 g/mol. The first-order valence-corrected chi connectivity index (χ1v) is 6.71. The number of hydrogen-bond acceptors (Lipinski definition) is 3. The van der Waals surface area contributed by atoms with Crippen LogP contribution in [0.25, 0.3) is 0 Å². The highest BCUT2D eigenvalue weighted by molar-refractivity contribution is 5.19. The van der Waals surface area contributed by atoms with Gasteiger partial charge in [0.15, 0.2) is 0 Å². The number of furan rings is 1. The Morgan fingerprint density at radius 3 is 2.83 bits per heavy atom. The molecule has 2 rings (SSSR count). The fourth-order valence-corrected chi connectivity index (χ4v) is 2.41. The van der Waals surface area contributed by atoms with E-state index >= 15 is 0 Å². The van der Waals surface area contributed by atoms with Crippen LogP contribution >= 0.6 is 0 Å². The number of aryl methyl sites for hydroxylation is 1. The molecule has 0 saturated heterocycles. The van der Waals surface area contributed by atoms with E-state index in [0.717, 1.165) is 30.1 Å². The van der Waals surface area contributed by atoms with Crippen molar-refractivity contribution in [2.45, 2.75) is 39.8 Å². The zero-order chi connectivity index (χ0) is 13.0. The van der Waals surface area contributed by atoms with E-state index in [1.807, 2.05) is 13.0 Å². The molecule has 0 radical (unpaired) electrons. The molecule has 0 aliphatic heterocycles. The van der Waals surface area contributed by atoms with Gasteiger partial charge in [-0.1, -0.05) is 19.1 Å². The lowest BCUT2D eigenvalue weighted by atomic mass is 9.85. The summed E-state index contributed by atoms with van der Waals surface area (Å²) in [6, 6.07) is 2.00. The monoisotopic (exact) mass is 249 g/mol. The summed E-state index contributed by atoms with van der Waals surface area (Å²) in [5.74, 6) is 3.14. The molecule has 3 heteroatoms. The molecule has 3 nitrogen and oxygen atoms in total. The lowest BCUT2D eigenvalue weighted by molar-refractivity contribution is 0.0579. The predicted molar refractivity (Wildman–Crippen MR) is 72.0 cm³/mol. The summed E-state index contributed by atoms with van der Waals surface area (Å²) < 4.78 is 11.4. The van der Waals surface area contributed by atoms with Crippen molar-refractivity contribution >= 4 is 0 Å². The van der Waals surface area contributed by atoms with Crippen molar-refractivity contribution in [1.82, 2.24) is 0 Å². The van der Waals surface area contributed by atoms with Crippen LogP contribution in [0, 0.1) is 18.8 Å². The third-order valence-corrected chi connectivity index (χ3v) is 3.79. The molecule has 1 aromatic rings. The van der Waals surface area contributed by atoms with E-state index in [-0.39, 0.29) is 0 Å². The van der Waals surface area contributed by atoms with E-state index < -0.39 is 0 Å². The average Bonchev–Trinajstić information content (AvgIpc) is 2.72. The van der Waals surface area contributed by atoms with Gasteiger partial charge in [-0.15, -0.1) is 0 Å². The van der Waals surface area contributed by atoms with Crippen LogP contribution < -0.4 is 5.73 Å². The van der Waals surface area contributed by atoms with Crippen molar-refractivity contribution in [2.24, 2.45) is 17.6 Å². The van der Waals surface area contributed by atoms with Gasteiger partial charge in [0, 0.05) is 12.1 Å². The highest BCUT2D eigenvalue weighted by Gasteiger charge is 2.18. The van der Waals surface area contributed by atoms with Gasteiger partial charge in [0.25, 0.3) is 0 Å². The number of hydrogen-bond donors (Lipinski definition) is 1. The molecule has 0 amide bonds. The van der Waals surface area contributed by atoms with Crippen LogP contribution in [0.3, 0.4) is 0 Å². The Morgan fingerprint density at radius 2 is 2.17 bits per heavy atom. The summed E-state index contributed by atoms with van der Waals surface area (Å²) in [5.41, 5.74) is 6.69. The van der Waals surface area contributed by atoms with E-state index in [0.29, 0.717) is 25.0 Å². The minimum atomic E-state index is 0.528. The first-order chi connectivity index (χ1) is 8.70. The van der Waals surface area contributed by atoms with Crippen molar-refractivity contribution in [3.63, 3.8) is 0 Å². The van der Waals surface area contributed by atoms with Gasteiger partial charge in [0.1, 0.15) is 18.1 Å². The van der Waals surface area contributed by atoms with Crippen LogP contribution in [0.5, 0.6) is 0 Å². The van der Waals surface area contributed by atoms with Crippen LogP contribution in [-0.2, 0) is 17.9 Å². The minimum Gasteiger partial charge on any atom is -0.464 e. The third kappa shape index (κ3) is 3.24. The third-order valence-electron chi connectivity index (χ3n) is 3.79. The van der Waals surface area contributed by atoms with Gasteiger partial charge in [-0.05, 0) is 37.7 Å². The zero-order valence-corrected chi connectivity index (χ0v) is 11.3. The van der Waals surface area contributed by atoms with E-state index in [2.05, 4.69) is 19.1 Å². The Bertz CT molecular complexity index is 409. The van der Waals surface area contributed by atoms with E-state index in [1.54, 1.807) is 0 Å². The van der Waals surface area contributed by atoms with Crippen molar-refractivity contribution in [1.29, 1.82) is 0 Å². The highest BCUT2D eigenvalue weighted by Crippen LogP contribution is 2.25. The van der Waals surface area contributed by atoms with Crippen molar-refractivity contribution < 1.29 is 9.15 Å². The normalized spacial score (nSPS) is 23.5. The molecule has 0 aromatic carbocycles. The maximum atomic E-state index is 5.77. The molecule has 1 heterocycles. The number of nitrogens with two attached hydrogens (primary N) is 1. The van der Waals surface area contributed by atoms with Gasteiger partial charge in [0.05, 0.1) is 6.61 Å². The zero-order valence-electron chi connectivity index (χ0n) is 11.3. The molecule has 0 bridgehead atoms. The Morgan fingerprint density at radius 1 is 1.39 bits per heavy atom. The van der Waals surface area contributed by atoms with Crippen molar-refractivity contribution in [2.75, 3.05) is 6.61 Å². The molecule has 2 N–H and O–H groups in total. The summed E-state index contributed by atoms with van der Waals surface area (Å²) in [6.45, 7) is 6.12. The van der Waals surface area contributed by atoms with Crippen LogP contribution in [0.15, 0.2) is 22.6 Å². The Kier molecular flexibility index (Phi) is 4.61. The molecular formula is C15H23NO2. The van der Waals surface area contributed by atoms with Crippen LogP contribution in [0.2, 0.25) is 0 Å². The second kappa shape index (κ2) is 6.21. The maximum Gasteiger partial charge on any atom is 0.130 e. The predicted octanol–water partition coefficient (Wildman–Crippen LogP) is 3.17. The molecule has 0 fully saturated rings. The molecule has 2 atom stereocenters. The number of ether oxygens (including phenoxy) is 1. The molecule has 0 spiro atoms. The molecule has 2 unspecified atom stereocenters. The fourth-order valence-electron chi connectivity index (χ4n) is 2.41. The first kappa shape index (κ1) is 13.4. The lowest BCUT2D eigenvalue weighted by Crippen LogP contribution is -2.19. The molecule has 1 aliphatic carbocycles. The van der Waals surface area contributed by atoms with Gasteiger partial charge in [-0.25, -0.2) is 0 Å². The summed E-state index contributed by atoms with van der Waals surface area (Å²) in [4.78, 5) is 0. The van der Waals surface area contributed by atoms with E-state index in [1.165, 1.54) is 6.42 Å². The van der Waals surface area contributed by atoms with Crippen LogP contribution in [0.1, 0.15) is 36.8 Å². The Balaban J connectivity index is 1.79. The Labute approximate surface area is 109 Å². The van der Waals surface area contributed by atoms with Gasteiger partial charge in [-0.3, -0.25) is 0 Å². The summed E-state index contributed by atoms with van der Waals surface area (Å²) in [5, 5.41) is 0.